The van der Waals surface area contributed by atoms with Crippen LogP contribution < -0.4 is 31.6 Å². The molecule has 1 saturated heterocycles. The number of para-hydroxylation sites is 1. The number of hydrogen-bond acceptors (Lipinski definition) is 10. The number of nitro groups is 1. The van der Waals surface area contributed by atoms with E-state index >= 15 is 0 Å². The third-order valence-electron chi connectivity index (χ3n) is 3.93. The summed E-state index contributed by atoms with van der Waals surface area (Å²) in [6.45, 7) is 0. The summed E-state index contributed by atoms with van der Waals surface area (Å²) in [5, 5.41) is 15.0. The number of ether oxygens (including phenoxy) is 1. The highest BCUT2D eigenvalue weighted by atomic mass is 32.2. The molecule has 0 saturated carbocycles. The molecule has 1 atom stereocenters. The van der Waals surface area contributed by atoms with Crippen LogP contribution >= 0.6 is 0 Å². The van der Waals surface area contributed by atoms with E-state index in [1.165, 1.54) is 7.11 Å². The summed E-state index contributed by atoms with van der Waals surface area (Å²) < 4.78 is 37.8. The van der Waals surface area contributed by atoms with Crippen molar-refractivity contribution in [3.63, 3.8) is 0 Å². The zero-order valence-electron chi connectivity index (χ0n) is 14.8. The maximum Gasteiger partial charge on any atom is 0.301 e. The van der Waals surface area contributed by atoms with Gasteiger partial charge in [0.25, 0.3) is 11.6 Å². The van der Waals surface area contributed by atoms with E-state index < -0.39 is 37.7 Å². The molecule has 0 radical (unpaired) electrons. The van der Waals surface area contributed by atoms with Crippen LogP contribution in [0, 0.1) is 10.1 Å². The molecule has 0 aromatic heterocycles. The molecule has 0 bridgehead atoms. The highest BCUT2D eigenvalue weighted by Gasteiger charge is 2.36. The number of hydrogen-bond donors (Lipinski definition) is 5. The van der Waals surface area contributed by atoms with Gasteiger partial charge in [-0.3, -0.25) is 24.5 Å². The summed E-state index contributed by atoms with van der Waals surface area (Å²) >= 11 is 0. The van der Waals surface area contributed by atoms with Crippen molar-refractivity contribution in [2.75, 3.05) is 17.4 Å². The third-order valence-corrected chi connectivity index (χ3v) is 4.81. The molecule has 2 aromatic rings. The minimum absolute atomic E-state index is 0.0589. The first-order valence-electron chi connectivity index (χ1n) is 7.97. The van der Waals surface area contributed by atoms with Gasteiger partial charge in [-0.1, -0.05) is 18.2 Å². The Balaban J connectivity index is 2.01. The molecule has 3 rings (SSSR count). The van der Waals surface area contributed by atoms with E-state index in [1.807, 2.05) is 0 Å². The number of benzene rings is 2. The van der Waals surface area contributed by atoms with Crippen molar-refractivity contribution in [2.45, 2.75) is 11.1 Å². The van der Waals surface area contributed by atoms with Crippen LogP contribution in [0.3, 0.4) is 0 Å². The van der Waals surface area contributed by atoms with Crippen molar-refractivity contribution in [3.05, 3.63) is 52.6 Å². The van der Waals surface area contributed by atoms with E-state index in [0.717, 1.165) is 17.1 Å². The van der Waals surface area contributed by atoms with E-state index in [4.69, 9.17) is 4.74 Å². The molecular weight excluding hydrogens is 408 g/mol. The van der Waals surface area contributed by atoms with Crippen LogP contribution in [0.25, 0.3) is 0 Å². The lowest BCUT2D eigenvalue weighted by molar-refractivity contribution is -0.387. The highest BCUT2D eigenvalue weighted by Crippen LogP contribution is 2.37. The Bertz CT molecular complexity index is 1050. The molecule has 2 aromatic carbocycles. The van der Waals surface area contributed by atoms with Crippen LogP contribution in [0.1, 0.15) is 0 Å². The molecule has 0 aliphatic carbocycles. The molecule has 0 spiro atoms. The fourth-order valence-corrected chi connectivity index (χ4v) is 3.30. The first-order chi connectivity index (χ1) is 13.7. The summed E-state index contributed by atoms with van der Waals surface area (Å²) in [5.41, 5.74) is 7.28. The second kappa shape index (κ2) is 7.98. The van der Waals surface area contributed by atoms with Crippen molar-refractivity contribution in [1.29, 1.82) is 0 Å². The Morgan fingerprint density at radius 3 is 2.59 bits per heavy atom. The number of carbonyl (C=O) groups is 1. The number of anilines is 2. The van der Waals surface area contributed by atoms with Crippen molar-refractivity contribution in [1.82, 2.24) is 16.5 Å². The number of nitrogens with one attached hydrogen (secondary N) is 4. The molecule has 14 heteroatoms. The van der Waals surface area contributed by atoms with Gasteiger partial charge in [-0.2, -0.15) is 19.5 Å². The normalized spacial score (nSPS) is 16.5. The quantitative estimate of drug-likeness (QED) is 0.242. The van der Waals surface area contributed by atoms with Gasteiger partial charge >= 0.3 is 10.1 Å². The highest BCUT2D eigenvalue weighted by molar-refractivity contribution is 7.86. The number of amides is 1. The smallest absolute Gasteiger partial charge is 0.301 e. The lowest BCUT2D eigenvalue weighted by Crippen LogP contribution is -2.48. The first-order valence-corrected chi connectivity index (χ1v) is 9.41. The van der Waals surface area contributed by atoms with Gasteiger partial charge in [-0.15, -0.1) is 0 Å². The first kappa shape index (κ1) is 20.4. The molecule has 29 heavy (non-hydrogen) atoms. The van der Waals surface area contributed by atoms with Gasteiger partial charge in [-0.25, -0.2) is 5.43 Å². The van der Waals surface area contributed by atoms with E-state index in [-0.39, 0.29) is 11.4 Å². The number of hydrazine groups is 3. The predicted octanol–water partition coefficient (Wildman–Crippen LogP) is 0.149. The molecule has 1 amide bonds. The van der Waals surface area contributed by atoms with Gasteiger partial charge in [0, 0.05) is 5.69 Å². The Labute approximate surface area is 164 Å². The largest absolute Gasteiger partial charge is 0.494 e. The summed E-state index contributed by atoms with van der Waals surface area (Å²) in [6.07, 6.45) is -1.11. The average molecular weight is 424 g/mol. The second-order valence-electron chi connectivity index (χ2n) is 5.73. The van der Waals surface area contributed by atoms with Crippen LogP contribution in [0.4, 0.5) is 17.1 Å². The van der Waals surface area contributed by atoms with Gasteiger partial charge in [-0.05, 0) is 18.2 Å². The van der Waals surface area contributed by atoms with Gasteiger partial charge < -0.3 is 10.1 Å². The van der Waals surface area contributed by atoms with Crippen molar-refractivity contribution >= 4 is 33.1 Å². The zero-order chi connectivity index (χ0) is 21.2. The topological polar surface area (TPSA) is 175 Å². The minimum atomic E-state index is -4.93. The van der Waals surface area contributed by atoms with E-state index in [1.54, 1.807) is 30.3 Å². The second-order valence-corrected chi connectivity index (χ2v) is 7.12. The summed E-state index contributed by atoms with van der Waals surface area (Å²) in [7, 11) is -3.72. The molecule has 13 nitrogen and oxygen atoms in total. The standard InChI is InChI=1S/C15H16N6O7S/c1-28-12-7-11(21(23)24)13(29(25,26)27)8-10(12)20-14(17-18-19-20)15(22)16-9-5-3-2-4-6-9/h2-8,14,17-19H,1H3,(H,16,22)(H,25,26,27). The van der Waals surface area contributed by atoms with Crippen LogP contribution in [0.15, 0.2) is 47.4 Å². The van der Waals surface area contributed by atoms with Crippen molar-refractivity contribution in [3.8, 4) is 5.75 Å². The van der Waals surface area contributed by atoms with Crippen LogP contribution in [0.5, 0.6) is 5.75 Å². The number of rotatable bonds is 6. The summed E-state index contributed by atoms with van der Waals surface area (Å²) in [5.74, 6) is -0.651. The number of nitrogens with zero attached hydrogens (tertiary/aromatic N) is 2. The number of nitro benzene ring substituents is 1. The third kappa shape index (κ3) is 4.25. The lowest BCUT2D eigenvalue weighted by Gasteiger charge is -2.25. The molecule has 1 aliphatic rings. The van der Waals surface area contributed by atoms with Gasteiger partial charge in [0.05, 0.1) is 23.8 Å². The molecule has 5 N–H and O–H groups in total. The maximum atomic E-state index is 12.6. The fourth-order valence-electron chi connectivity index (χ4n) is 2.64. The van der Waals surface area contributed by atoms with Crippen LogP contribution in [0.2, 0.25) is 0 Å². The van der Waals surface area contributed by atoms with Crippen molar-refractivity contribution < 1.29 is 27.4 Å². The molecule has 1 heterocycles. The van der Waals surface area contributed by atoms with E-state index in [9.17, 15) is 27.9 Å². The Morgan fingerprint density at radius 1 is 1.31 bits per heavy atom. The van der Waals surface area contributed by atoms with Crippen LogP contribution in [-0.2, 0) is 14.9 Å². The Morgan fingerprint density at radius 2 is 2.00 bits per heavy atom. The average Bonchev–Trinajstić information content (AvgIpc) is 3.16. The maximum absolute atomic E-state index is 12.6. The number of methoxy groups -OCH3 is 1. The van der Waals surface area contributed by atoms with Crippen LogP contribution in [-0.4, -0.2) is 37.1 Å². The van der Waals surface area contributed by atoms with Crippen molar-refractivity contribution in [2.24, 2.45) is 0 Å². The zero-order valence-corrected chi connectivity index (χ0v) is 15.6. The molecule has 1 fully saturated rings. The SMILES string of the molecule is COc1cc([N+](=O)[O-])c(S(=O)(=O)O)cc1N1NNNC1C(=O)Nc1ccccc1. The summed E-state index contributed by atoms with van der Waals surface area (Å²) in [6, 6.07) is 10.2. The fraction of sp³-hybridized carbons (Fsp3) is 0.133. The molecule has 154 valence electrons. The monoisotopic (exact) mass is 424 g/mol. The van der Waals surface area contributed by atoms with Gasteiger partial charge in [0.15, 0.2) is 16.8 Å². The van der Waals surface area contributed by atoms with Gasteiger partial charge in [0.1, 0.15) is 0 Å². The van der Waals surface area contributed by atoms with E-state index in [2.05, 4.69) is 21.8 Å². The molecule has 1 unspecified atom stereocenters. The lowest BCUT2D eigenvalue weighted by atomic mass is 10.2. The Kier molecular flexibility index (Phi) is 5.62. The predicted molar refractivity (Wildman–Crippen MR) is 100 cm³/mol. The van der Waals surface area contributed by atoms with E-state index in [0.29, 0.717) is 5.69 Å². The Hall–Kier alpha value is -3.30. The minimum Gasteiger partial charge on any atom is -0.494 e. The van der Waals surface area contributed by atoms with Gasteiger partial charge in [0.2, 0.25) is 0 Å². The number of carbonyl (C=O) groups excluding carboxylic acids is 1. The summed E-state index contributed by atoms with van der Waals surface area (Å²) in [4.78, 5) is 21.9. The molecular formula is C15H16N6O7S. The molecule has 1 aliphatic heterocycles.